The second-order valence-corrected chi connectivity index (χ2v) is 3.65. The second-order valence-electron chi connectivity index (χ2n) is 3.27. The van der Waals surface area contributed by atoms with Gasteiger partial charge in [0.15, 0.2) is 0 Å². The summed E-state index contributed by atoms with van der Waals surface area (Å²) >= 11 is 6.18. The van der Waals surface area contributed by atoms with Gasteiger partial charge in [-0.05, 0) is 43.5 Å². The van der Waals surface area contributed by atoms with Gasteiger partial charge in [0.1, 0.15) is 5.75 Å². The summed E-state index contributed by atoms with van der Waals surface area (Å²) in [4.78, 5) is 0. The van der Waals surface area contributed by atoms with Crippen LogP contribution in [-0.4, -0.2) is 13.7 Å². The van der Waals surface area contributed by atoms with Gasteiger partial charge >= 0.3 is 0 Å². The molecule has 0 atom stereocenters. The topological polar surface area (TPSA) is 35.2 Å². The molecule has 0 aliphatic carbocycles. The molecule has 0 bridgehead atoms. The van der Waals surface area contributed by atoms with Crippen LogP contribution in [0.5, 0.6) is 5.75 Å². The molecule has 0 spiro atoms. The van der Waals surface area contributed by atoms with Gasteiger partial charge in [-0.25, -0.2) is 0 Å². The quantitative estimate of drug-likeness (QED) is 0.835. The van der Waals surface area contributed by atoms with Crippen LogP contribution in [0, 0.1) is 6.92 Å². The first-order valence-electron chi connectivity index (χ1n) is 4.72. The van der Waals surface area contributed by atoms with Crippen LogP contribution in [0.15, 0.2) is 12.1 Å². The standard InChI is InChI=1S/C11H16ClNO/c1-8-5-6-10(14-2)11(12)9(8)4-3-7-13/h5-6H,3-4,7,13H2,1-2H3. The van der Waals surface area contributed by atoms with Crippen LogP contribution in [0.2, 0.25) is 5.02 Å². The minimum atomic E-state index is 0.687. The summed E-state index contributed by atoms with van der Waals surface area (Å²) in [5, 5.41) is 0.723. The van der Waals surface area contributed by atoms with Crippen LogP contribution in [0.25, 0.3) is 0 Å². The number of methoxy groups -OCH3 is 1. The predicted molar refractivity (Wildman–Crippen MR) is 60.1 cm³/mol. The van der Waals surface area contributed by atoms with E-state index in [0.29, 0.717) is 6.54 Å². The van der Waals surface area contributed by atoms with Gasteiger partial charge in [0.25, 0.3) is 0 Å². The molecule has 0 aliphatic rings. The van der Waals surface area contributed by atoms with Gasteiger partial charge in [-0.2, -0.15) is 0 Å². The van der Waals surface area contributed by atoms with Crippen molar-refractivity contribution < 1.29 is 4.74 Å². The number of hydrogen-bond acceptors (Lipinski definition) is 2. The lowest BCUT2D eigenvalue weighted by molar-refractivity contribution is 0.414. The average molecular weight is 214 g/mol. The molecule has 0 heterocycles. The summed E-state index contributed by atoms with van der Waals surface area (Å²) in [6, 6.07) is 3.92. The third-order valence-corrected chi connectivity index (χ3v) is 2.71. The number of ether oxygens (including phenoxy) is 1. The first-order valence-corrected chi connectivity index (χ1v) is 5.10. The van der Waals surface area contributed by atoms with E-state index >= 15 is 0 Å². The number of aryl methyl sites for hydroxylation is 1. The second kappa shape index (κ2) is 5.23. The molecule has 0 aromatic heterocycles. The molecular formula is C11H16ClNO. The van der Waals surface area contributed by atoms with E-state index < -0.39 is 0 Å². The van der Waals surface area contributed by atoms with Crippen molar-refractivity contribution in [1.29, 1.82) is 0 Å². The first-order chi connectivity index (χ1) is 6.70. The lowest BCUT2D eigenvalue weighted by atomic mass is 10.0. The summed E-state index contributed by atoms with van der Waals surface area (Å²) in [7, 11) is 1.63. The largest absolute Gasteiger partial charge is 0.495 e. The number of nitrogens with two attached hydrogens (primary N) is 1. The van der Waals surface area contributed by atoms with Gasteiger partial charge in [0.2, 0.25) is 0 Å². The van der Waals surface area contributed by atoms with Crippen molar-refractivity contribution in [2.24, 2.45) is 5.73 Å². The SMILES string of the molecule is COc1ccc(C)c(CCCN)c1Cl. The molecule has 2 N–H and O–H groups in total. The zero-order valence-corrected chi connectivity index (χ0v) is 9.40. The molecule has 1 rings (SSSR count). The third kappa shape index (κ3) is 2.40. The summed E-state index contributed by atoms with van der Waals surface area (Å²) in [6.45, 7) is 2.74. The van der Waals surface area contributed by atoms with E-state index in [1.54, 1.807) is 7.11 Å². The Morgan fingerprint density at radius 1 is 1.43 bits per heavy atom. The van der Waals surface area contributed by atoms with Crippen molar-refractivity contribution in [2.45, 2.75) is 19.8 Å². The van der Waals surface area contributed by atoms with Gasteiger partial charge in [0.05, 0.1) is 12.1 Å². The molecule has 1 aromatic rings. The Morgan fingerprint density at radius 3 is 2.71 bits per heavy atom. The van der Waals surface area contributed by atoms with Crippen molar-refractivity contribution in [3.05, 3.63) is 28.3 Å². The van der Waals surface area contributed by atoms with E-state index in [2.05, 4.69) is 6.92 Å². The first kappa shape index (κ1) is 11.3. The number of hydrogen-bond donors (Lipinski definition) is 1. The normalized spacial score (nSPS) is 10.3. The van der Waals surface area contributed by atoms with Gasteiger partial charge in [-0.15, -0.1) is 0 Å². The van der Waals surface area contributed by atoms with Crippen LogP contribution >= 0.6 is 11.6 Å². The van der Waals surface area contributed by atoms with E-state index in [0.717, 1.165) is 29.2 Å². The summed E-state index contributed by atoms with van der Waals surface area (Å²) in [5.74, 6) is 0.740. The van der Waals surface area contributed by atoms with Crippen molar-refractivity contribution >= 4 is 11.6 Å². The average Bonchev–Trinajstić information content (AvgIpc) is 2.18. The zero-order chi connectivity index (χ0) is 10.6. The molecule has 0 amide bonds. The highest BCUT2D eigenvalue weighted by molar-refractivity contribution is 6.32. The Labute approximate surface area is 90.0 Å². The van der Waals surface area contributed by atoms with E-state index in [1.807, 2.05) is 12.1 Å². The maximum absolute atomic E-state index is 6.18. The molecule has 14 heavy (non-hydrogen) atoms. The Bertz CT molecular complexity index is 312. The Morgan fingerprint density at radius 2 is 2.14 bits per heavy atom. The predicted octanol–water partition coefficient (Wildman–Crippen LogP) is 2.55. The minimum Gasteiger partial charge on any atom is -0.495 e. The van der Waals surface area contributed by atoms with Crippen molar-refractivity contribution in [3.8, 4) is 5.75 Å². The fraction of sp³-hybridized carbons (Fsp3) is 0.455. The van der Waals surface area contributed by atoms with Crippen LogP contribution in [-0.2, 0) is 6.42 Å². The number of benzene rings is 1. The number of halogens is 1. The molecule has 0 saturated heterocycles. The minimum absolute atomic E-state index is 0.687. The Kier molecular flexibility index (Phi) is 4.23. The molecule has 0 saturated carbocycles. The van der Waals surface area contributed by atoms with Crippen LogP contribution in [0.3, 0.4) is 0 Å². The van der Waals surface area contributed by atoms with Crippen LogP contribution in [0.1, 0.15) is 17.5 Å². The van der Waals surface area contributed by atoms with Gasteiger partial charge < -0.3 is 10.5 Å². The van der Waals surface area contributed by atoms with E-state index in [4.69, 9.17) is 22.1 Å². The number of rotatable bonds is 4. The lowest BCUT2D eigenvalue weighted by Gasteiger charge is -2.11. The molecule has 78 valence electrons. The molecule has 1 aromatic carbocycles. The smallest absolute Gasteiger partial charge is 0.137 e. The zero-order valence-electron chi connectivity index (χ0n) is 8.64. The van der Waals surface area contributed by atoms with Gasteiger partial charge in [0, 0.05) is 0 Å². The van der Waals surface area contributed by atoms with Crippen LogP contribution in [0.4, 0.5) is 0 Å². The fourth-order valence-electron chi connectivity index (χ4n) is 1.44. The monoisotopic (exact) mass is 213 g/mol. The lowest BCUT2D eigenvalue weighted by Crippen LogP contribution is -2.02. The molecule has 0 aliphatic heterocycles. The highest BCUT2D eigenvalue weighted by atomic mass is 35.5. The van der Waals surface area contributed by atoms with Crippen molar-refractivity contribution in [3.63, 3.8) is 0 Å². The molecule has 0 unspecified atom stereocenters. The molecular weight excluding hydrogens is 198 g/mol. The van der Waals surface area contributed by atoms with E-state index in [9.17, 15) is 0 Å². The summed E-state index contributed by atoms with van der Waals surface area (Å²) in [5.41, 5.74) is 7.82. The van der Waals surface area contributed by atoms with Crippen molar-refractivity contribution in [1.82, 2.24) is 0 Å². The highest BCUT2D eigenvalue weighted by Crippen LogP contribution is 2.31. The maximum Gasteiger partial charge on any atom is 0.137 e. The molecule has 3 heteroatoms. The summed E-state index contributed by atoms with van der Waals surface area (Å²) in [6.07, 6.45) is 1.87. The maximum atomic E-state index is 6.18. The fourth-order valence-corrected chi connectivity index (χ4v) is 1.82. The van der Waals surface area contributed by atoms with Crippen LogP contribution < -0.4 is 10.5 Å². The Balaban J connectivity index is 2.99. The van der Waals surface area contributed by atoms with E-state index in [-0.39, 0.29) is 0 Å². The molecule has 0 radical (unpaired) electrons. The summed E-state index contributed by atoms with van der Waals surface area (Å²) < 4.78 is 5.16. The molecule has 0 fully saturated rings. The van der Waals surface area contributed by atoms with E-state index in [1.165, 1.54) is 5.56 Å². The third-order valence-electron chi connectivity index (χ3n) is 2.29. The Hall–Kier alpha value is -0.730. The van der Waals surface area contributed by atoms with Gasteiger partial charge in [-0.1, -0.05) is 17.7 Å². The van der Waals surface area contributed by atoms with Gasteiger partial charge in [-0.3, -0.25) is 0 Å². The highest BCUT2D eigenvalue weighted by Gasteiger charge is 2.08. The van der Waals surface area contributed by atoms with Crippen molar-refractivity contribution in [2.75, 3.05) is 13.7 Å². The molecule has 2 nitrogen and oxygen atoms in total.